The lowest BCUT2D eigenvalue weighted by molar-refractivity contribution is -0.140. The highest BCUT2D eigenvalue weighted by atomic mass is 16.5. The molecule has 0 amide bonds. The summed E-state index contributed by atoms with van der Waals surface area (Å²) >= 11 is 0. The summed E-state index contributed by atoms with van der Waals surface area (Å²) in [5.41, 5.74) is 1.45. The largest absolute Gasteiger partial charge is 0.496 e. The van der Waals surface area contributed by atoms with Gasteiger partial charge in [0.25, 0.3) is 0 Å². The van der Waals surface area contributed by atoms with Gasteiger partial charge in [0.15, 0.2) is 5.78 Å². The molecule has 4 heteroatoms. The first-order valence-electron chi connectivity index (χ1n) is 6.58. The zero-order chi connectivity index (χ0) is 15.3. The first kappa shape index (κ1) is 16.2. The zero-order valence-corrected chi connectivity index (χ0v) is 12.8. The van der Waals surface area contributed by atoms with Gasteiger partial charge in [-0.15, -0.1) is 0 Å². The molecule has 0 radical (unpaired) electrons. The summed E-state index contributed by atoms with van der Waals surface area (Å²) in [4.78, 5) is 23.2. The van der Waals surface area contributed by atoms with Crippen LogP contribution in [0.25, 0.3) is 0 Å². The first-order valence-corrected chi connectivity index (χ1v) is 6.58. The van der Waals surface area contributed by atoms with Crippen LogP contribution in [0.15, 0.2) is 18.2 Å². The van der Waals surface area contributed by atoms with Crippen molar-refractivity contribution in [3.63, 3.8) is 0 Å². The average Bonchev–Trinajstić information content (AvgIpc) is 2.42. The van der Waals surface area contributed by atoms with E-state index in [1.165, 1.54) is 7.11 Å². The molecular formula is C16H22O4. The Bertz CT molecular complexity index is 498. The number of methoxy groups -OCH3 is 2. The summed E-state index contributed by atoms with van der Waals surface area (Å²) in [6.07, 6.45) is 0.259. The highest BCUT2D eigenvalue weighted by Gasteiger charge is 2.21. The highest BCUT2D eigenvalue weighted by Crippen LogP contribution is 2.32. The summed E-state index contributed by atoms with van der Waals surface area (Å²) in [6, 6.07) is 5.37. The summed E-state index contributed by atoms with van der Waals surface area (Å²) in [7, 11) is 2.93. The smallest absolute Gasteiger partial charge is 0.305 e. The Morgan fingerprint density at radius 2 is 1.75 bits per heavy atom. The van der Waals surface area contributed by atoms with Crippen molar-refractivity contribution in [1.82, 2.24) is 0 Å². The molecular weight excluding hydrogens is 256 g/mol. The van der Waals surface area contributed by atoms with Crippen LogP contribution in [0.5, 0.6) is 5.75 Å². The van der Waals surface area contributed by atoms with E-state index in [0.29, 0.717) is 5.56 Å². The minimum atomic E-state index is -0.372. The van der Waals surface area contributed by atoms with E-state index in [-0.39, 0.29) is 30.0 Å². The van der Waals surface area contributed by atoms with Gasteiger partial charge in [0, 0.05) is 17.5 Å². The van der Waals surface area contributed by atoms with Crippen molar-refractivity contribution < 1.29 is 19.1 Å². The predicted molar refractivity (Wildman–Crippen MR) is 77.3 cm³/mol. The number of ether oxygens (including phenoxy) is 2. The van der Waals surface area contributed by atoms with E-state index in [1.54, 1.807) is 19.2 Å². The Morgan fingerprint density at radius 1 is 1.10 bits per heavy atom. The maximum atomic E-state index is 12.1. The van der Waals surface area contributed by atoms with Gasteiger partial charge in [0.2, 0.25) is 0 Å². The fourth-order valence-electron chi connectivity index (χ4n) is 1.93. The number of rotatable bonds is 5. The van der Waals surface area contributed by atoms with Crippen LogP contribution in [0.3, 0.4) is 0 Å². The van der Waals surface area contributed by atoms with E-state index in [9.17, 15) is 9.59 Å². The number of benzene rings is 1. The van der Waals surface area contributed by atoms with Crippen molar-refractivity contribution in [3.05, 3.63) is 29.3 Å². The molecule has 0 spiro atoms. The Labute approximate surface area is 120 Å². The Balaban J connectivity index is 2.97. The average molecular weight is 278 g/mol. The molecule has 20 heavy (non-hydrogen) atoms. The summed E-state index contributed by atoms with van der Waals surface area (Å²) in [5, 5.41) is 0. The van der Waals surface area contributed by atoms with E-state index < -0.39 is 0 Å². The number of ketones is 1. The van der Waals surface area contributed by atoms with Crippen LogP contribution in [-0.2, 0) is 14.9 Å². The molecule has 1 aromatic rings. The van der Waals surface area contributed by atoms with Gasteiger partial charge in [0.05, 0.1) is 20.6 Å². The monoisotopic (exact) mass is 278 g/mol. The molecule has 0 aromatic heterocycles. The van der Waals surface area contributed by atoms with Crippen molar-refractivity contribution in [1.29, 1.82) is 0 Å². The summed E-state index contributed by atoms with van der Waals surface area (Å²) in [5.74, 6) is 0.327. The normalized spacial score (nSPS) is 11.1. The topological polar surface area (TPSA) is 52.6 Å². The van der Waals surface area contributed by atoms with Crippen LogP contribution in [0.1, 0.15) is 49.5 Å². The molecule has 1 rings (SSSR count). The van der Waals surface area contributed by atoms with Crippen LogP contribution in [0.2, 0.25) is 0 Å². The second kappa shape index (κ2) is 6.55. The summed E-state index contributed by atoms with van der Waals surface area (Å²) < 4.78 is 9.88. The number of hydrogen-bond acceptors (Lipinski definition) is 4. The highest BCUT2D eigenvalue weighted by molar-refractivity contribution is 5.97. The van der Waals surface area contributed by atoms with E-state index in [2.05, 4.69) is 25.5 Å². The number of carbonyl (C=O) groups excluding carboxylic acids is 2. The molecule has 0 saturated heterocycles. The van der Waals surface area contributed by atoms with Crippen molar-refractivity contribution >= 4 is 11.8 Å². The first-order chi connectivity index (χ1) is 9.29. The quantitative estimate of drug-likeness (QED) is 0.613. The van der Waals surface area contributed by atoms with Gasteiger partial charge in [0.1, 0.15) is 5.75 Å². The number of hydrogen-bond donors (Lipinski definition) is 0. The fraction of sp³-hybridized carbons (Fsp3) is 0.500. The van der Waals surface area contributed by atoms with Crippen LogP contribution in [-0.4, -0.2) is 26.0 Å². The Hall–Kier alpha value is -1.84. The molecule has 0 unspecified atom stereocenters. The van der Waals surface area contributed by atoms with Gasteiger partial charge >= 0.3 is 5.97 Å². The van der Waals surface area contributed by atoms with Gasteiger partial charge in [-0.1, -0.05) is 20.8 Å². The molecule has 0 heterocycles. The molecule has 0 N–H and O–H groups in total. The molecule has 110 valence electrons. The van der Waals surface area contributed by atoms with E-state index in [4.69, 9.17) is 4.74 Å². The van der Waals surface area contributed by atoms with Crippen molar-refractivity contribution in [2.75, 3.05) is 14.2 Å². The van der Waals surface area contributed by atoms with Crippen LogP contribution < -0.4 is 4.74 Å². The van der Waals surface area contributed by atoms with E-state index in [1.807, 2.05) is 6.07 Å². The SMILES string of the molecule is COC(=O)CCC(=O)c1ccc(OC)c(C(C)(C)C)c1. The molecule has 0 aliphatic carbocycles. The third-order valence-electron chi connectivity index (χ3n) is 3.11. The van der Waals surface area contributed by atoms with Gasteiger partial charge in [-0.05, 0) is 23.6 Å². The van der Waals surface area contributed by atoms with E-state index in [0.717, 1.165) is 11.3 Å². The summed E-state index contributed by atoms with van der Waals surface area (Å²) in [6.45, 7) is 6.19. The minimum Gasteiger partial charge on any atom is -0.496 e. The van der Waals surface area contributed by atoms with Gasteiger partial charge in [-0.3, -0.25) is 9.59 Å². The van der Waals surface area contributed by atoms with E-state index >= 15 is 0 Å². The zero-order valence-electron chi connectivity index (χ0n) is 12.8. The third kappa shape index (κ3) is 4.08. The number of carbonyl (C=O) groups is 2. The Morgan fingerprint density at radius 3 is 2.25 bits per heavy atom. The second-order valence-corrected chi connectivity index (χ2v) is 5.66. The number of Topliss-reactive ketones (excluding diaryl/α,β-unsaturated/α-hetero) is 1. The molecule has 1 aromatic carbocycles. The van der Waals surface area contributed by atoms with Crippen LogP contribution in [0.4, 0.5) is 0 Å². The lowest BCUT2D eigenvalue weighted by Gasteiger charge is -2.22. The fourth-order valence-corrected chi connectivity index (χ4v) is 1.93. The van der Waals surface area contributed by atoms with Crippen molar-refractivity contribution in [3.8, 4) is 5.75 Å². The molecule has 0 bridgehead atoms. The maximum Gasteiger partial charge on any atom is 0.305 e. The van der Waals surface area contributed by atoms with Gasteiger partial charge < -0.3 is 9.47 Å². The lowest BCUT2D eigenvalue weighted by Crippen LogP contribution is -2.14. The molecule has 0 aliphatic rings. The van der Waals surface area contributed by atoms with Crippen LogP contribution >= 0.6 is 0 Å². The standard InChI is InChI=1S/C16H22O4/c1-16(2,3)12-10-11(6-8-14(12)19-4)13(17)7-9-15(18)20-5/h6,8,10H,7,9H2,1-5H3. The van der Waals surface area contributed by atoms with Crippen LogP contribution in [0, 0.1) is 0 Å². The van der Waals surface area contributed by atoms with Crippen molar-refractivity contribution in [2.45, 2.75) is 39.0 Å². The number of esters is 1. The van der Waals surface area contributed by atoms with Gasteiger partial charge in [-0.25, -0.2) is 0 Å². The van der Waals surface area contributed by atoms with Gasteiger partial charge in [-0.2, -0.15) is 0 Å². The second-order valence-electron chi connectivity index (χ2n) is 5.66. The molecule has 0 fully saturated rings. The molecule has 0 saturated carbocycles. The lowest BCUT2D eigenvalue weighted by atomic mass is 9.84. The molecule has 0 aliphatic heterocycles. The minimum absolute atomic E-state index is 0.0662. The molecule has 0 atom stereocenters. The predicted octanol–water partition coefficient (Wildman–Crippen LogP) is 3.13. The maximum absolute atomic E-state index is 12.1. The Kier molecular flexibility index (Phi) is 5.31. The third-order valence-corrected chi connectivity index (χ3v) is 3.11. The molecule has 4 nitrogen and oxygen atoms in total. The van der Waals surface area contributed by atoms with Crippen molar-refractivity contribution in [2.24, 2.45) is 0 Å².